The minimum absolute atomic E-state index is 0.0658. The van der Waals surface area contributed by atoms with Crippen molar-refractivity contribution in [1.29, 1.82) is 0 Å². The van der Waals surface area contributed by atoms with Gasteiger partial charge < -0.3 is 15.1 Å². The average Bonchev–Trinajstić information content (AvgIpc) is 2.71. The van der Waals surface area contributed by atoms with Crippen LogP contribution in [0.3, 0.4) is 0 Å². The van der Waals surface area contributed by atoms with Crippen LogP contribution in [0.25, 0.3) is 0 Å². The highest BCUT2D eigenvalue weighted by atomic mass is 19.2. The van der Waals surface area contributed by atoms with Gasteiger partial charge in [0.15, 0.2) is 11.6 Å². The van der Waals surface area contributed by atoms with E-state index in [1.807, 2.05) is 0 Å². The van der Waals surface area contributed by atoms with Crippen molar-refractivity contribution in [3.63, 3.8) is 0 Å². The highest BCUT2D eigenvalue weighted by molar-refractivity contribution is 6.10. The minimum atomic E-state index is -0.979. The van der Waals surface area contributed by atoms with E-state index < -0.39 is 17.7 Å². The van der Waals surface area contributed by atoms with Crippen molar-refractivity contribution in [2.45, 2.75) is 25.8 Å². The summed E-state index contributed by atoms with van der Waals surface area (Å²) in [4.78, 5) is 39.7. The maximum absolute atomic E-state index is 13.5. The molecule has 3 amide bonds. The van der Waals surface area contributed by atoms with Crippen LogP contribution in [0.5, 0.6) is 0 Å². The van der Waals surface area contributed by atoms with E-state index in [0.29, 0.717) is 16.9 Å². The number of benzene rings is 2. The summed E-state index contributed by atoms with van der Waals surface area (Å²) in [6, 6.07) is 9.95. The number of anilines is 2. The first kappa shape index (κ1) is 20.4. The third-order valence-corrected chi connectivity index (χ3v) is 5.02. The molecular weight excluding hydrogens is 380 g/mol. The second-order valence-electron chi connectivity index (χ2n) is 6.90. The van der Waals surface area contributed by atoms with Crippen LogP contribution in [0.1, 0.15) is 31.4 Å². The van der Waals surface area contributed by atoms with Crippen LogP contribution < -0.4 is 10.2 Å². The molecule has 1 aliphatic heterocycles. The topological polar surface area (TPSA) is 69.7 Å². The predicted molar refractivity (Wildman–Crippen MR) is 104 cm³/mol. The van der Waals surface area contributed by atoms with Gasteiger partial charge >= 0.3 is 0 Å². The van der Waals surface area contributed by atoms with Gasteiger partial charge in [0.1, 0.15) is 6.54 Å². The number of nitrogens with one attached hydrogen (secondary N) is 1. The summed E-state index contributed by atoms with van der Waals surface area (Å²) in [6.07, 6.45) is -0.140. The lowest BCUT2D eigenvalue weighted by atomic mass is 10.1. The molecule has 1 unspecified atom stereocenters. The van der Waals surface area contributed by atoms with Gasteiger partial charge in [0.05, 0.1) is 17.4 Å². The van der Waals surface area contributed by atoms with Crippen LogP contribution in [-0.2, 0) is 14.4 Å². The molecular formula is C21H21F2N3O3. The van der Waals surface area contributed by atoms with Crippen molar-refractivity contribution in [3.05, 3.63) is 59.7 Å². The molecule has 0 radical (unpaired) electrons. The van der Waals surface area contributed by atoms with Crippen molar-refractivity contribution < 1.29 is 23.2 Å². The fourth-order valence-corrected chi connectivity index (χ4v) is 3.19. The molecule has 0 fully saturated rings. The number of rotatable bonds is 5. The molecule has 1 N–H and O–H groups in total. The largest absolute Gasteiger partial charge is 0.339 e. The fourth-order valence-electron chi connectivity index (χ4n) is 3.19. The van der Waals surface area contributed by atoms with E-state index in [1.165, 1.54) is 15.9 Å². The first-order valence-corrected chi connectivity index (χ1v) is 9.17. The molecule has 6 nitrogen and oxygen atoms in total. The number of fused-ring (bicyclic) bond motifs is 1. The zero-order chi connectivity index (χ0) is 21.1. The lowest BCUT2D eigenvalue weighted by Gasteiger charge is -2.29. The summed E-state index contributed by atoms with van der Waals surface area (Å²) >= 11 is 0. The summed E-state index contributed by atoms with van der Waals surface area (Å²) in [7, 11) is 1.54. The summed E-state index contributed by atoms with van der Waals surface area (Å²) in [5, 5.41) is 2.70. The van der Waals surface area contributed by atoms with E-state index in [1.54, 1.807) is 38.2 Å². The third kappa shape index (κ3) is 4.42. The molecule has 3 rings (SSSR count). The van der Waals surface area contributed by atoms with Crippen LogP contribution >= 0.6 is 0 Å². The fraction of sp³-hybridized carbons (Fsp3) is 0.286. The first-order chi connectivity index (χ1) is 13.8. The van der Waals surface area contributed by atoms with Gasteiger partial charge in [0.25, 0.3) is 0 Å². The molecule has 1 aliphatic rings. The highest BCUT2D eigenvalue weighted by Gasteiger charge is 2.27. The van der Waals surface area contributed by atoms with E-state index in [2.05, 4.69) is 5.32 Å². The molecule has 0 spiro atoms. The molecule has 0 bridgehead atoms. The first-order valence-electron chi connectivity index (χ1n) is 9.17. The van der Waals surface area contributed by atoms with E-state index >= 15 is 0 Å². The van der Waals surface area contributed by atoms with E-state index in [9.17, 15) is 23.2 Å². The van der Waals surface area contributed by atoms with Crippen molar-refractivity contribution in [2.75, 3.05) is 23.8 Å². The molecule has 2 aromatic carbocycles. The molecule has 8 heteroatoms. The number of nitrogens with zero attached hydrogens (tertiary/aromatic N) is 2. The summed E-state index contributed by atoms with van der Waals surface area (Å²) < 4.78 is 26.6. The molecule has 29 heavy (non-hydrogen) atoms. The lowest BCUT2D eigenvalue weighted by Crippen LogP contribution is -2.42. The molecule has 1 atom stereocenters. The Morgan fingerprint density at radius 3 is 2.59 bits per heavy atom. The maximum atomic E-state index is 13.5. The normalized spacial score (nSPS) is 14.1. The van der Waals surface area contributed by atoms with Crippen LogP contribution in [0.2, 0.25) is 0 Å². The molecule has 0 saturated carbocycles. The van der Waals surface area contributed by atoms with Crippen LogP contribution in [-0.4, -0.2) is 36.2 Å². The SMILES string of the molecule is CC(c1ccc(F)c(F)c1)N(C)C(=O)CCC(=O)N1CC(=O)Nc2ccccc21. The van der Waals surface area contributed by atoms with Gasteiger partial charge in [0.2, 0.25) is 17.7 Å². The molecule has 152 valence electrons. The number of carbonyl (C=O) groups is 3. The van der Waals surface area contributed by atoms with Crippen molar-refractivity contribution in [3.8, 4) is 0 Å². The van der Waals surface area contributed by atoms with E-state index in [0.717, 1.165) is 12.1 Å². The Morgan fingerprint density at radius 1 is 1.14 bits per heavy atom. The van der Waals surface area contributed by atoms with Gasteiger partial charge in [-0.25, -0.2) is 8.78 Å². The van der Waals surface area contributed by atoms with Crippen LogP contribution in [0, 0.1) is 11.6 Å². The van der Waals surface area contributed by atoms with Crippen molar-refractivity contribution >= 4 is 29.1 Å². The number of halogens is 2. The Morgan fingerprint density at radius 2 is 1.86 bits per heavy atom. The Labute approximate surface area is 167 Å². The Kier molecular flexibility index (Phi) is 5.91. The zero-order valence-corrected chi connectivity index (χ0v) is 16.1. The van der Waals surface area contributed by atoms with Gasteiger partial charge in [-0.3, -0.25) is 14.4 Å². The number of amides is 3. The molecule has 0 aromatic heterocycles. The van der Waals surface area contributed by atoms with Crippen LogP contribution in [0.4, 0.5) is 20.2 Å². The Hall–Kier alpha value is -3.29. The third-order valence-electron chi connectivity index (χ3n) is 5.02. The minimum Gasteiger partial charge on any atom is -0.339 e. The molecule has 1 heterocycles. The number of carbonyl (C=O) groups excluding carboxylic acids is 3. The smallest absolute Gasteiger partial charge is 0.244 e. The maximum Gasteiger partial charge on any atom is 0.244 e. The zero-order valence-electron chi connectivity index (χ0n) is 16.1. The van der Waals surface area contributed by atoms with E-state index in [4.69, 9.17) is 0 Å². The number of hydrogen-bond donors (Lipinski definition) is 1. The second-order valence-corrected chi connectivity index (χ2v) is 6.90. The quantitative estimate of drug-likeness (QED) is 0.836. The second kappa shape index (κ2) is 8.38. The summed E-state index contributed by atoms with van der Waals surface area (Å²) in [5.74, 6) is -2.88. The van der Waals surface area contributed by atoms with Crippen molar-refractivity contribution in [1.82, 2.24) is 4.90 Å². The van der Waals surface area contributed by atoms with Gasteiger partial charge in [-0.05, 0) is 36.8 Å². The molecule has 2 aromatic rings. The Bertz CT molecular complexity index is 964. The summed E-state index contributed by atoms with van der Waals surface area (Å²) in [6.45, 7) is 1.59. The van der Waals surface area contributed by atoms with Gasteiger partial charge in [0, 0.05) is 19.9 Å². The monoisotopic (exact) mass is 401 g/mol. The van der Waals surface area contributed by atoms with Gasteiger partial charge in [-0.2, -0.15) is 0 Å². The van der Waals surface area contributed by atoms with Gasteiger partial charge in [-0.15, -0.1) is 0 Å². The number of hydrogen-bond acceptors (Lipinski definition) is 3. The highest BCUT2D eigenvalue weighted by Crippen LogP contribution is 2.29. The van der Waals surface area contributed by atoms with Crippen LogP contribution in [0.15, 0.2) is 42.5 Å². The average molecular weight is 401 g/mol. The summed E-state index contributed by atoms with van der Waals surface area (Å²) in [5.41, 5.74) is 1.59. The lowest BCUT2D eigenvalue weighted by molar-refractivity contribution is -0.133. The van der Waals surface area contributed by atoms with Crippen molar-refractivity contribution in [2.24, 2.45) is 0 Å². The predicted octanol–water partition coefficient (Wildman–Crippen LogP) is 3.25. The molecule has 0 aliphatic carbocycles. The van der Waals surface area contributed by atoms with Gasteiger partial charge in [-0.1, -0.05) is 18.2 Å². The number of para-hydroxylation sites is 2. The van der Waals surface area contributed by atoms with E-state index in [-0.39, 0.29) is 37.1 Å². The Balaban J connectivity index is 1.63. The standard InChI is InChI=1S/C21H21F2N3O3/c1-13(14-7-8-15(22)16(23)11-14)25(2)20(28)9-10-21(29)26-12-19(27)24-17-5-3-4-6-18(17)26/h3-8,11,13H,9-10,12H2,1-2H3,(H,24,27). The molecule has 0 saturated heterocycles.